The minimum atomic E-state index is -0.675. The summed E-state index contributed by atoms with van der Waals surface area (Å²) in [4.78, 5) is 34.3. The van der Waals surface area contributed by atoms with Crippen molar-refractivity contribution in [2.75, 3.05) is 18.8 Å². The molecule has 0 aromatic rings. The molecule has 0 aliphatic heterocycles. The summed E-state index contributed by atoms with van der Waals surface area (Å²) < 4.78 is 0. The van der Waals surface area contributed by atoms with Crippen molar-refractivity contribution < 1.29 is 19.5 Å². The highest BCUT2D eigenvalue weighted by Crippen LogP contribution is 2.14. The van der Waals surface area contributed by atoms with Gasteiger partial charge in [-0.1, -0.05) is 109 Å². The number of carboxylic acid groups (broad SMARTS) is 1. The number of unbranched alkanes of at least 4 members (excludes halogenated alkanes) is 16. The van der Waals surface area contributed by atoms with Crippen LogP contribution in [0.1, 0.15) is 122 Å². The van der Waals surface area contributed by atoms with Crippen LogP contribution < -0.4 is 10.6 Å². The number of carboxylic acids is 1. The first kappa shape index (κ1) is 32.8. The average molecular weight is 517 g/mol. The monoisotopic (exact) mass is 516 g/mol. The number of carbonyl (C=O) groups excluding carboxylic acids is 2. The number of amides is 2. The summed E-state index contributed by atoms with van der Waals surface area (Å²) in [6.45, 7) is 0.664. The second-order valence-electron chi connectivity index (χ2n) is 9.11. The summed E-state index contributed by atoms with van der Waals surface area (Å²) in [6, 6.07) is 0. The van der Waals surface area contributed by atoms with Crippen molar-refractivity contribution in [2.45, 2.75) is 122 Å². The van der Waals surface area contributed by atoms with Crippen molar-refractivity contribution in [2.24, 2.45) is 0 Å². The van der Waals surface area contributed by atoms with Gasteiger partial charge in [0.2, 0.25) is 0 Å². The van der Waals surface area contributed by atoms with Crippen LogP contribution in [0.25, 0.3) is 0 Å². The van der Waals surface area contributed by atoms with Gasteiger partial charge in [-0.25, -0.2) is 0 Å². The maximum Gasteiger partial charge on any atom is 0.309 e. The highest BCUT2D eigenvalue weighted by atomic mass is 32.1. The lowest BCUT2D eigenvalue weighted by molar-refractivity contribution is -0.138. The first-order chi connectivity index (χ1) is 16.5. The van der Waals surface area contributed by atoms with Crippen molar-refractivity contribution >= 4 is 47.5 Å². The Labute approximate surface area is 218 Å². The minimum absolute atomic E-state index is 0.289. The molecule has 198 valence electrons. The summed E-state index contributed by atoms with van der Waals surface area (Å²) in [5.41, 5.74) is 0. The Morgan fingerprint density at radius 1 is 0.588 bits per heavy atom. The van der Waals surface area contributed by atoms with Crippen LogP contribution in [0.4, 0.5) is 0 Å². The lowest BCUT2D eigenvalue weighted by Gasteiger charge is -2.07. The molecule has 0 rings (SSSR count). The van der Waals surface area contributed by atoms with Gasteiger partial charge in [0, 0.05) is 30.1 Å². The number of hydrogen-bond donors (Lipinski definition) is 4. The molecule has 6 nitrogen and oxygen atoms in total. The van der Waals surface area contributed by atoms with Gasteiger partial charge >= 0.3 is 17.8 Å². The molecule has 0 fully saturated rings. The molecular formula is C26H48N2O4S2. The fourth-order valence-electron chi connectivity index (χ4n) is 3.85. The van der Waals surface area contributed by atoms with Crippen LogP contribution in [0.2, 0.25) is 0 Å². The molecule has 0 unspecified atom stereocenters. The standard InChI is InChI=1S/C26H48N2O4S2/c29-24(30)19-17-15-13-11-9-7-5-3-1-2-4-6-8-10-12-14-16-18-23(34)22-28-26(32)25(31)27-20-21-33/h33H,1-22H2,(H,27,31)(H,28,32)(H,29,30). The van der Waals surface area contributed by atoms with E-state index in [2.05, 4.69) is 23.3 Å². The average Bonchev–Trinajstić information content (AvgIpc) is 2.82. The molecule has 0 aromatic heterocycles. The first-order valence-electron chi connectivity index (χ1n) is 13.4. The molecule has 8 heteroatoms. The second kappa shape index (κ2) is 25.0. The molecule has 0 aromatic carbocycles. The predicted molar refractivity (Wildman–Crippen MR) is 148 cm³/mol. The molecular weight excluding hydrogens is 468 g/mol. The van der Waals surface area contributed by atoms with Crippen LogP contribution >= 0.6 is 24.8 Å². The van der Waals surface area contributed by atoms with E-state index in [9.17, 15) is 14.4 Å². The Hall–Kier alpha value is -1.15. The van der Waals surface area contributed by atoms with Crippen molar-refractivity contribution in [1.29, 1.82) is 0 Å². The first-order valence-corrected chi connectivity index (χ1v) is 14.4. The number of aliphatic carboxylic acids is 1. The van der Waals surface area contributed by atoms with E-state index in [1.165, 1.54) is 83.5 Å². The van der Waals surface area contributed by atoms with E-state index in [1.54, 1.807) is 0 Å². The minimum Gasteiger partial charge on any atom is -0.481 e. The number of hydrogen-bond acceptors (Lipinski definition) is 5. The molecule has 2 amide bonds. The topological polar surface area (TPSA) is 95.5 Å². The van der Waals surface area contributed by atoms with Crippen molar-refractivity contribution in [3.63, 3.8) is 0 Å². The zero-order valence-electron chi connectivity index (χ0n) is 21.1. The van der Waals surface area contributed by atoms with Crippen LogP contribution in [0, 0.1) is 0 Å². The third kappa shape index (κ3) is 24.0. The number of carbonyl (C=O) groups is 3. The van der Waals surface area contributed by atoms with Gasteiger partial charge in [0.15, 0.2) is 0 Å². The van der Waals surface area contributed by atoms with Gasteiger partial charge in [0.25, 0.3) is 0 Å². The molecule has 0 spiro atoms. The molecule has 0 saturated carbocycles. The van der Waals surface area contributed by atoms with Crippen molar-refractivity contribution in [3.8, 4) is 0 Å². The summed E-state index contributed by atoms with van der Waals surface area (Å²) in [5.74, 6) is -1.44. The third-order valence-electron chi connectivity index (χ3n) is 5.90. The molecule has 0 heterocycles. The Bertz CT molecular complexity index is 559. The summed E-state index contributed by atoms with van der Waals surface area (Å²) in [7, 11) is 0. The predicted octanol–water partition coefficient (Wildman–Crippen LogP) is 6.02. The molecule has 3 N–H and O–H groups in total. The Kier molecular flexibility index (Phi) is 24.1. The lowest BCUT2D eigenvalue weighted by atomic mass is 10.0. The van der Waals surface area contributed by atoms with Gasteiger partial charge in [-0.2, -0.15) is 12.6 Å². The summed E-state index contributed by atoms with van der Waals surface area (Å²) in [5, 5.41) is 13.6. The van der Waals surface area contributed by atoms with Crippen LogP contribution in [-0.4, -0.2) is 46.6 Å². The largest absolute Gasteiger partial charge is 0.481 e. The zero-order chi connectivity index (χ0) is 25.3. The molecule has 0 bridgehead atoms. The quantitative estimate of drug-likeness (QED) is 0.0545. The van der Waals surface area contributed by atoms with Gasteiger partial charge in [-0.15, -0.1) is 0 Å². The number of rotatable bonds is 24. The SMILES string of the molecule is O=C(O)CCCCCCCCCCCCCCCCCCCC(=S)CNC(=O)C(=O)NCCS. The Morgan fingerprint density at radius 3 is 1.32 bits per heavy atom. The molecule has 0 radical (unpaired) electrons. The third-order valence-corrected chi connectivity index (χ3v) is 6.47. The van der Waals surface area contributed by atoms with Crippen LogP contribution in [-0.2, 0) is 14.4 Å². The number of nitrogens with one attached hydrogen (secondary N) is 2. The van der Waals surface area contributed by atoms with Crippen molar-refractivity contribution in [3.05, 3.63) is 0 Å². The summed E-state index contributed by atoms with van der Waals surface area (Å²) >= 11 is 9.28. The molecule has 0 aliphatic carbocycles. The van der Waals surface area contributed by atoms with Gasteiger partial charge in [0.1, 0.15) is 0 Å². The molecule has 0 aliphatic rings. The van der Waals surface area contributed by atoms with E-state index in [-0.39, 0.29) is 6.54 Å². The van der Waals surface area contributed by atoms with Crippen LogP contribution in [0.15, 0.2) is 0 Å². The summed E-state index contributed by atoms with van der Waals surface area (Å²) in [6.07, 6.45) is 22.1. The lowest BCUT2D eigenvalue weighted by Crippen LogP contribution is -2.42. The van der Waals surface area contributed by atoms with E-state index < -0.39 is 17.8 Å². The maximum atomic E-state index is 11.6. The molecule has 0 saturated heterocycles. The van der Waals surface area contributed by atoms with Crippen molar-refractivity contribution in [1.82, 2.24) is 10.6 Å². The number of thiocarbonyl (C=S) groups is 1. The van der Waals surface area contributed by atoms with Gasteiger partial charge < -0.3 is 15.7 Å². The van der Waals surface area contributed by atoms with E-state index in [0.29, 0.717) is 18.7 Å². The Morgan fingerprint density at radius 2 is 0.941 bits per heavy atom. The normalized spacial score (nSPS) is 10.7. The number of thiol groups is 1. The van der Waals surface area contributed by atoms with E-state index >= 15 is 0 Å². The van der Waals surface area contributed by atoms with E-state index in [4.69, 9.17) is 17.3 Å². The van der Waals surface area contributed by atoms with Crippen LogP contribution in [0.3, 0.4) is 0 Å². The van der Waals surface area contributed by atoms with Gasteiger partial charge in [0.05, 0.1) is 0 Å². The van der Waals surface area contributed by atoms with E-state index in [0.717, 1.165) is 37.0 Å². The van der Waals surface area contributed by atoms with Gasteiger partial charge in [-0.3, -0.25) is 14.4 Å². The second-order valence-corrected chi connectivity index (χ2v) is 10.1. The Balaban J connectivity index is 3.27. The highest BCUT2D eigenvalue weighted by molar-refractivity contribution is 7.80. The zero-order valence-corrected chi connectivity index (χ0v) is 22.8. The fraction of sp³-hybridized carbons (Fsp3) is 0.846. The smallest absolute Gasteiger partial charge is 0.309 e. The highest BCUT2D eigenvalue weighted by Gasteiger charge is 2.12. The van der Waals surface area contributed by atoms with Gasteiger partial charge in [-0.05, 0) is 19.3 Å². The molecule has 0 atom stereocenters. The fourth-order valence-corrected chi connectivity index (χ4v) is 4.18. The molecule has 34 heavy (non-hydrogen) atoms. The van der Waals surface area contributed by atoms with E-state index in [1.807, 2.05) is 0 Å². The van der Waals surface area contributed by atoms with Crippen LogP contribution in [0.5, 0.6) is 0 Å². The maximum absolute atomic E-state index is 11.6.